The summed E-state index contributed by atoms with van der Waals surface area (Å²) in [7, 11) is 0. The van der Waals surface area contributed by atoms with Crippen LogP contribution in [0.4, 0.5) is 5.69 Å². The van der Waals surface area contributed by atoms with E-state index in [-0.39, 0.29) is 18.2 Å². The standard InChI is InChI=1S/C18H18N4O2/c1-14(23)22(13-15-5-4-9-20-12-15)10-8-18(24)21-17-7-3-2-6-16(17)11-19/h2-7,9,12H,8,10,13H2,1H3,(H,21,24). The van der Waals surface area contributed by atoms with Crippen molar-refractivity contribution in [2.75, 3.05) is 11.9 Å². The quantitative estimate of drug-likeness (QED) is 0.884. The summed E-state index contributed by atoms with van der Waals surface area (Å²) in [5.41, 5.74) is 1.79. The van der Waals surface area contributed by atoms with Gasteiger partial charge in [-0.1, -0.05) is 18.2 Å². The van der Waals surface area contributed by atoms with Crippen LogP contribution in [-0.2, 0) is 16.1 Å². The molecule has 0 saturated heterocycles. The number of para-hydroxylation sites is 1. The lowest BCUT2D eigenvalue weighted by Gasteiger charge is -2.20. The van der Waals surface area contributed by atoms with Crippen molar-refractivity contribution in [3.8, 4) is 6.07 Å². The smallest absolute Gasteiger partial charge is 0.226 e. The number of rotatable bonds is 6. The van der Waals surface area contributed by atoms with Gasteiger partial charge in [-0.15, -0.1) is 0 Å². The Balaban J connectivity index is 1.93. The van der Waals surface area contributed by atoms with Gasteiger partial charge < -0.3 is 10.2 Å². The number of pyridine rings is 1. The first-order chi connectivity index (χ1) is 11.6. The minimum atomic E-state index is -0.241. The van der Waals surface area contributed by atoms with E-state index < -0.39 is 0 Å². The average molecular weight is 322 g/mol. The van der Waals surface area contributed by atoms with Gasteiger partial charge in [0.05, 0.1) is 11.3 Å². The number of anilines is 1. The number of carbonyl (C=O) groups excluding carboxylic acids is 2. The highest BCUT2D eigenvalue weighted by Gasteiger charge is 2.13. The van der Waals surface area contributed by atoms with Crippen molar-refractivity contribution in [1.82, 2.24) is 9.88 Å². The van der Waals surface area contributed by atoms with Gasteiger partial charge in [0.1, 0.15) is 6.07 Å². The van der Waals surface area contributed by atoms with E-state index in [0.717, 1.165) is 5.56 Å². The molecule has 1 heterocycles. The fourth-order valence-corrected chi connectivity index (χ4v) is 2.20. The molecule has 1 aromatic heterocycles. The van der Waals surface area contributed by atoms with Crippen LogP contribution in [0.15, 0.2) is 48.8 Å². The predicted molar refractivity (Wildman–Crippen MR) is 89.7 cm³/mol. The van der Waals surface area contributed by atoms with Crippen LogP contribution in [0.2, 0.25) is 0 Å². The van der Waals surface area contributed by atoms with E-state index in [1.165, 1.54) is 6.92 Å². The monoisotopic (exact) mass is 322 g/mol. The molecule has 0 atom stereocenters. The molecular formula is C18H18N4O2. The van der Waals surface area contributed by atoms with E-state index in [1.807, 2.05) is 12.1 Å². The van der Waals surface area contributed by atoms with Crippen LogP contribution >= 0.6 is 0 Å². The SMILES string of the molecule is CC(=O)N(CCC(=O)Nc1ccccc1C#N)Cc1cccnc1. The zero-order valence-corrected chi connectivity index (χ0v) is 13.4. The van der Waals surface area contributed by atoms with Gasteiger partial charge in [0.25, 0.3) is 0 Å². The van der Waals surface area contributed by atoms with Crippen molar-refractivity contribution in [2.24, 2.45) is 0 Å². The predicted octanol–water partition coefficient (Wildman–Crippen LogP) is 2.33. The Morgan fingerprint density at radius 3 is 2.71 bits per heavy atom. The maximum absolute atomic E-state index is 12.1. The lowest BCUT2D eigenvalue weighted by atomic mass is 10.2. The summed E-state index contributed by atoms with van der Waals surface area (Å²) in [5.74, 6) is -0.348. The van der Waals surface area contributed by atoms with E-state index >= 15 is 0 Å². The van der Waals surface area contributed by atoms with Crippen LogP contribution in [0.1, 0.15) is 24.5 Å². The Kier molecular flexibility index (Phi) is 6.03. The Labute approximate surface area is 140 Å². The van der Waals surface area contributed by atoms with Crippen molar-refractivity contribution < 1.29 is 9.59 Å². The third-order valence-electron chi connectivity index (χ3n) is 3.47. The van der Waals surface area contributed by atoms with Crippen molar-refractivity contribution in [2.45, 2.75) is 19.9 Å². The van der Waals surface area contributed by atoms with Crippen LogP contribution in [0.5, 0.6) is 0 Å². The van der Waals surface area contributed by atoms with Crippen LogP contribution in [-0.4, -0.2) is 28.2 Å². The Hall–Kier alpha value is -3.20. The molecule has 122 valence electrons. The molecular weight excluding hydrogens is 304 g/mol. The van der Waals surface area contributed by atoms with Crippen molar-refractivity contribution in [1.29, 1.82) is 5.26 Å². The Morgan fingerprint density at radius 1 is 1.25 bits per heavy atom. The zero-order valence-electron chi connectivity index (χ0n) is 13.4. The van der Waals surface area contributed by atoms with Gasteiger partial charge in [-0.05, 0) is 23.8 Å². The second-order valence-corrected chi connectivity index (χ2v) is 5.26. The summed E-state index contributed by atoms with van der Waals surface area (Å²) in [5, 5.41) is 11.7. The highest BCUT2D eigenvalue weighted by molar-refractivity contribution is 5.92. The molecule has 0 spiro atoms. The highest BCUT2D eigenvalue weighted by atomic mass is 16.2. The fourth-order valence-electron chi connectivity index (χ4n) is 2.20. The molecule has 1 N–H and O–H groups in total. The Bertz CT molecular complexity index is 753. The minimum absolute atomic E-state index is 0.107. The van der Waals surface area contributed by atoms with E-state index in [1.54, 1.807) is 47.6 Å². The molecule has 0 unspecified atom stereocenters. The molecule has 0 radical (unpaired) electrons. The van der Waals surface area contributed by atoms with Crippen molar-refractivity contribution in [3.63, 3.8) is 0 Å². The first-order valence-corrected chi connectivity index (χ1v) is 7.53. The molecule has 0 aliphatic heterocycles. The molecule has 2 aromatic rings. The van der Waals surface area contributed by atoms with Gasteiger partial charge in [-0.3, -0.25) is 14.6 Å². The molecule has 2 amide bonds. The van der Waals surface area contributed by atoms with Crippen molar-refractivity contribution in [3.05, 3.63) is 59.9 Å². The third kappa shape index (κ3) is 4.92. The fraction of sp³-hybridized carbons (Fsp3) is 0.222. The lowest BCUT2D eigenvalue weighted by molar-refractivity contribution is -0.129. The normalized spacial score (nSPS) is 9.83. The largest absolute Gasteiger partial charge is 0.338 e. The number of aromatic nitrogens is 1. The number of carbonyl (C=O) groups is 2. The number of benzene rings is 1. The molecule has 0 aliphatic carbocycles. The molecule has 0 saturated carbocycles. The molecule has 0 bridgehead atoms. The highest BCUT2D eigenvalue weighted by Crippen LogP contribution is 2.14. The number of nitrogens with zero attached hydrogens (tertiary/aromatic N) is 3. The van der Waals surface area contributed by atoms with Crippen molar-refractivity contribution >= 4 is 17.5 Å². The molecule has 24 heavy (non-hydrogen) atoms. The summed E-state index contributed by atoms with van der Waals surface area (Å²) in [6, 6.07) is 12.5. The van der Waals surface area contributed by atoms with E-state index in [0.29, 0.717) is 24.3 Å². The maximum Gasteiger partial charge on any atom is 0.226 e. The number of nitrogens with one attached hydrogen (secondary N) is 1. The van der Waals surface area contributed by atoms with Gasteiger partial charge in [-0.2, -0.15) is 5.26 Å². The summed E-state index contributed by atoms with van der Waals surface area (Å²) in [4.78, 5) is 29.4. The molecule has 6 heteroatoms. The van der Waals surface area contributed by atoms with E-state index in [9.17, 15) is 9.59 Å². The number of nitriles is 1. The van der Waals surface area contributed by atoms with E-state index in [4.69, 9.17) is 5.26 Å². The first kappa shape index (κ1) is 17.2. The summed E-state index contributed by atoms with van der Waals surface area (Å²) >= 11 is 0. The first-order valence-electron chi connectivity index (χ1n) is 7.53. The zero-order chi connectivity index (χ0) is 17.4. The second-order valence-electron chi connectivity index (χ2n) is 5.26. The number of amides is 2. The summed E-state index contributed by atoms with van der Waals surface area (Å²) in [6.07, 6.45) is 3.51. The molecule has 2 rings (SSSR count). The van der Waals surface area contributed by atoms with Gasteiger partial charge in [0, 0.05) is 38.8 Å². The van der Waals surface area contributed by atoms with Crippen LogP contribution in [0, 0.1) is 11.3 Å². The van der Waals surface area contributed by atoms with Gasteiger partial charge in [0.15, 0.2) is 0 Å². The topological polar surface area (TPSA) is 86.1 Å². The third-order valence-corrected chi connectivity index (χ3v) is 3.47. The van der Waals surface area contributed by atoms with Gasteiger partial charge in [0.2, 0.25) is 11.8 Å². The lowest BCUT2D eigenvalue weighted by Crippen LogP contribution is -2.31. The van der Waals surface area contributed by atoms with Crippen LogP contribution in [0.25, 0.3) is 0 Å². The van der Waals surface area contributed by atoms with Crippen LogP contribution in [0.3, 0.4) is 0 Å². The van der Waals surface area contributed by atoms with Gasteiger partial charge >= 0.3 is 0 Å². The molecule has 6 nitrogen and oxygen atoms in total. The Morgan fingerprint density at radius 2 is 2.04 bits per heavy atom. The average Bonchev–Trinajstić information content (AvgIpc) is 2.59. The summed E-state index contributed by atoms with van der Waals surface area (Å²) < 4.78 is 0. The molecule has 1 aromatic carbocycles. The molecule has 0 aliphatic rings. The van der Waals surface area contributed by atoms with E-state index in [2.05, 4.69) is 10.3 Å². The summed E-state index contributed by atoms with van der Waals surface area (Å²) in [6.45, 7) is 2.18. The second kappa shape index (κ2) is 8.44. The van der Waals surface area contributed by atoms with Crippen LogP contribution < -0.4 is 5.32 Å². The number of hydrogen-bond acceptors (Lipinski definition) is 4. The molecule has 0 fully saturated rings. The minimum Gasteiger partial charge on any atom is -0.338 e. The maximum atomic E-state index is 12.1. The van der Waals surface area contributed by atoms with Gasteiger partial charge in [-0.25, -0.2) is 0 Å². The number of hydrogen-bond donors (Lipinski definition) is 1.